The highest BCUT2D eigenvalue weighted by molar-refractivity contribution is 5.96. The fourth-order valence-electron chi connectivity index (χ4n) is 3.00. The van der Waals surface area contributed by atoms with Crippen LogP contribution in [0.3, 0.4) is 0 Å². The summed E-state index contributed by atoms with van der Waals surface area (Å²) in [6, 6.07) is 2.62. The number of carbonyl (C=O) groups excluding carboxylic acids is 2. The second-order valence-corrected chi connectivity index (χ2v) is 6.63. The smallest absolute Gasteiger partial charge is 0.290 e. The first-order valence-electron chi connectivity index (χ1n) is 8.35. The van der Waals surface area contributed by atoms with Crippen molar-refractivity contribution in [2.45, 2.75) is 44.9 Å². The number of rotatable bonds is 5. The molecule has 2 aromatic rings. The molecule has 3 heterocycles. The van der Waals surface area contributed by atoms with E-state index in [0.717, 1.165) is 0 Å². The summed E-state index contributed by atoms with van der Waals surface area (Å²) in [5, 5.41) is 2.85. The molecule has 0 bridgehead atoms. The van der Waals surface area contributed by atoms with Crippen molar-refractivity contribution in [1.29, 1.82) is 0 Å². The molecule has 1 aliphatic heterocycles. The van der Waals surface area contributed by atoms with E-state index in [9.17, 15) is 9.59 Å². The molecule has 0 aliphatic carbocycles. The van der Waals surface area contributed by atoms with E-state index in [0.29, 0.717) is 25.3 Å². The van der Waals surface area contributed by atoms with Gasteiger partial charge in [0.05, 0.1) is 12.9 Å². The molecule has 2 amide bonds. The van der Waals surface area contributed by atoms with Crippen molar-refractivity contribution in [2.75, 3.05) is 6.54 Å². The largest absolute Gasteiger partial charge is 0.454 e. The Hall–Kier alpha value is -2.61. The lowest BCUT2D eigenvalue weighted by Crippen LogP contribution is -2.47. The van der Waals surface area contributed by atoms with Crippen molar-refractivity contribution >= 4 is 11.8 Å². The molecule has 8 nitrogen and oxygen atoms in total. The number of nitrogens with one attached hydrogen (secondary N) is 1. The third kappa shape index (κ3) is 3.90. The SMILES string of the molecule is CC(C)NC(=O)[C@@H]1C[C@H](N)CN1C(=O)c1ccc(Cn2ccnc2)o1. The lowest BCUT2D eigenvalue weighted by atomic mass is 10.1. The van der Waals surface area contributed by atoms with Crippen molar-refractivity contribution in [3.63, 3.8) is 0 Å². The highest BCUT2D eigenvalue weighted by Crippen LogP contribution is 2.21. The van der Waals surface area contributed by atoms with Crippen LogP contribution in [0.1, 0.15) is 36.6 Å². The van der Waals surface area contributed by atoms with Gasteiger partial charge in [0.15, 0.2) is 5.76 Å². The number of carbonyl (C=O) groups is 2. The van der Waals surface area contributed by atoms with Crippen LogP contribution < -0.4 is 11.1 Å². The summed E-state index contributed by atoms with van der Waals surface area (Å²) in [6.45, 7) is 4.60. The highest BCUT2D eigenvalue weighted by Gasteiger charge is 2.39. The minimum absolute atomic E-state index is 0.00618. The van der Waals surface area contributed by atoms with E-state index in [1.54, 1.807) is 24.7 Å². The highest BCUT2D eigenvalue weighted by atomic mass is 16.4. The van der Waals surface area contributed by atoms with E-state index in [2.05, 4.69) is 10.3 Å². The molecule has 2 aromatic heterocycles. The Bertz CT molecular complexity index is 737. The van der Waals surface area contributed by atoms with Gasteiger partial charge in [0, 0.05) is 31.0 Å². The zero-order chi connectivity index (χ0) is 18.0. The predicted molar refractivity (Wildman–Crippen MR) is 90.7 cm³/mol. The summed E-state index contributed by atoms with van der Waals surface area (Å²) in [6.07, 6.45) is 5.62. The van der Waals surface area contributed by atoms with Crippen molar-refractivity contribution in [3.05, 3.63) is 42.4 Å². The van der Waals surface area contributed by atoms with Crippen molar-refractivity contribution in [1.82, 2.24) is 19.8 Å². The molecule has 1 fully saturated rings. The normalized spacial score (nSPS) is 20.2. The molecule has 8 heteroatoms. The zero-order valence-corrected chi connectivity index (χ0v) is 14.4. The number of nitrogens with two attached hydrogens (primary N) is 1. The van der Waals surface area contributed by atoms with Crippen LogP contribution >= 0.6 is 0 Å². The van der Waals surface area contributed by atoms with Crippen LogP contribution in [0, 0.1) is 0 Å². The van der Waals surface area contributed by atoms with E-state index in [1.165, 1.54) is 4.90 Å². The van der Waals surface area contributed by atoms with E-state index < -0.39 is 6.04 Å². The Morgan fingerprint density at radius 1 is 1.44 bits per heavy atom. The third-order valence-electron chi connectivity index (χ3n) is 4.10. The van der Waals surface area contributed by atoms with Gasteiger partial charge in [0.1, 0.15) is 11.8 Å². The molecular weight excluding hydrogens is 322 g/mol. The summed E-state index contributed by atoms with van der Waals surface area (Å²) in [4.78, 5) is 30.6. The van der Waals surface area contributed by atoms with Gasteiger partial charge in [-0.2, -0.15) is 0 Å². The maximum absolute atomic E-state index is 12.8. The average molecular weight is 345 g/mol. The van der Waals surface area contributed by atoms with E-state index in [4.69, 9.17) is 10.2 Å². The van der Waals surface area contributed by atoms with Crippen LogP contribution in [0.25, 0.3) is 0 Å². The summed E-state index contributed by atoms with van der Waals surface area (Å²) in [5.41, 5.74) is 5.98. The van der Waals surface area contributed by atoms with Crippen LogP contribution in [0.4, 0.5) is 0 Å². The summed E-state index contributed by atoms with van der Waals surface area (Å²) in [7, 11) is 0. The monoisotopic (exact) mass is 345 g/mol. The van der Waals surface area contributed by atoms with Crippen LogP contribution in [-0.2, 0) is 11.3 Å². The number of aromatic nitrogens is 2. The minimum atomic E-state index is -0.563. The Morgan fingerprint density at radius 2 is 2.24 bits per heavy atom. The molecule has 1 saturated heterocycles. The Labute approximate surface area is 146 Å². The van der Waals surface area contributed by atoms with Gasteiger partial charge in [-0.25, -0.2) is 4.98 Å². The molecule has 0 unspecified atom stereocenters. The van der Waals surface area contributed by atoms with Crippen LogP contribution in [-0.4, -0.2) is 50.9 Å². The number of amides is 2. The van der Waals surface area contributed by atoms with Gasteiger partial charge in [0.2, 0.25) is 5.91 Å². The average Bonchev–Trinajstić information content (AvgIpc) is 3.27. The van der Waals surface area contributed by atoms with Gasteiger partial charge in [-0.3, -0.25) is 9.59 Å². The first-order valence-corrected chi connectivity index (χ1v) is 8.35. The van der Waals surface area contributed by atoms with Gasteiger partial charge in [0.25, 0.3) is 5.91 Å². The fraction of sp³-hybridized carbons (Fsp3) is 0.471. The number of hydrogen-bond donors (Lipinski definition) is 2. The lowest BCUT2D eigenvalue weighted by Gasteiger charge is -2.23. The molecule has 1 aliphatic rings. The first kappa shape index (κ1) is 17.2. The number of nitrogens with zero attached hydrogens (tertiary/aromatic N) is 3. The molecule has 134 valence electrons. The van der Waals surface area contributed by atoms with Gasteiger partial charge >= 0.3 is 0 Å². The number of imidazole rings is 1. The maximum Gasteiger partial charge on any atom is 0.290 e. The quantitative estimate of drug-likeness (QED) is 0.825. The number of likely N-dealkylation sites (tertiary alicyclic amines) is 1. The number of furan rings is 1. The van der Waals surface area contributed by atoms with Gasteiger partial charge in [-0.05, 0) is 32.4 Å². The summed E-state index contributed by atoms with van der Waals surface area (Å²) >= 11 is 0. The van der Waals surface area contributed by atoms with Gasteiger partial charge in [-0.1, -0.05) is 0 Å². The molecule has 0 radical (unpaired) electrons. The van der Waals surface area contributed by atoms with Crippen LogP contribution in [0.5, 0.6) is 0 Å². The van der Waals surface area contributed by atoms with Crippen LogP contribution in [0.2, 0.25) is 0 Å². The molecule has 0 aromatic carbocycles. The van der Waals surface area contributed by atoms with Crippen molar-refractivity contribution in [2.24, 2.45) is 5.73 Å². The lowest BCUT2D eigenvalue weighted by molar-refractivity contribution is -0.125. The Balaban J connectivity index is 1.72. The predicted octanol–water partition coefficient (Wildman–Crippen LogP) is 0.591. The van der Waals surface area contributed by atoms with E-state index >= 15 is 0 Å². The zero-order valence-electron chi connectivity index (χ0n) is 14.4. The Kier molecular flexibility index (Phi) is 4.89. The molecular formula is C17H23N5O3. The molecule has 25 heavy (non-hydrogen) atoms. The first-order chi connectivity index (χ1) is 11.9. The van der Waals surface area contributed by atoms with Crippen molar-refractivity contribution in [3.8, 4) is 0 Å². The Morgan fingerprint density at radius 3 is 2.92 bits per heavy atom. The molecule has 2 atom stereocenters. The molecule has 0 spiro atoms. The van der Waals surface area contributed by atoms with E-state index in [1.807, 2.05) is 24.6 Å². The standard InChI is InChI=1S/C17H23N5O3/c1-11(2)20-16(23)14-7-12(18)8-22(14)17(24)15-4-3-13(25-15)9-21-6-5-19-10-21/h3-6,10-12,14H,7-9,18H2,1-2H3,(H,20,23)/t12-,14-/m0/s1. The molecule has 3 N–H and O–H groups in total. The van der Waals surface area contributed by atoms with Gasteiger partial charge < -0.3 is 24.9 Å². The topological polar surface area (TPSA) is 106 Å². The van der Waals surface area contributed by atoms with Crippen LogP contribution in [0.15, 0.2) is 35.3 Å². The molecule has 3 rings (SSSR count). The van der Waals surface area contributed by atoms with Crippen molar-refractivity contribution < 1.29 is 14.0 Å². The fourth-order valence-corrected chi connectivity index (χ4v) is 3.00. The van der Waals surface area contributed by atoms with Gasteiger partial charge in [-0.15, -0.1) is 0 Å². The number of hydrogen-bond acceptors (Lipinski definition) is 5. The third-order valence-corrected chi connectivity index (χ3v) is 4.10. The second kappa shape index (κ2) is 7.10. The molecule has 0 saturated carbocycles. The summed E-state index contributed by atoms with van der Waals surface area (Å²) in [5.74, 6) is 0.370. The summed E-state index contributed by atoms with van der Waals surface area (Å²) < 4.78 is 7.51. The second-order valence-electron chi connectivity index (χ2n) is 6.63. The minimum Gasteiger partial charge on any atom is -0.454 e. The maximum atomic E-state index is 12.8. The van der Waals surface area contributed by atoms with E-state index in [-0.39, 0.29) is 29.7 Å².